The lowest BCUT2D eigenvalue weighted by Crippen LogP contribution is -2.05. The fourth-order valence-electron chi connectivity index (χ4n) is 1.16. The number of hydrogen-bond acceptors (Lipinski definition) is 1. The average molecular weight is 216 g/mol. The van der Waals surface area contributed by atoms with Crippen molar-refractivity contribution in [1.29, 1.82) is 0 Å². The molecule has 0 unspecified atom stereocenters. The summed E-state index contributed by atoms with van der Waals surface area (Å²) in [7, 11) is 1.44. The van der Waals surface area contributed by atoms with Gasteiger partial charge in [0.15, 0.2) is 0 Å². The first-order valence-corrected chi connectivity index (χ1v) is 4.31. The molecule has 1 aromatic rings. The third kappa shape index (κ3) is 3.31. The largest absolute Gasteiger partial charge is 0.501 e. The van der Waals surface area contributed by atoms with E-state index in [4.69, 9.17) is 4.74 Å². The van der Waals surface area contributed by atoms with Gasteiger partial charge in [-0.25, -0.2) is 0 Å². The summed E-state index contributed by atoms with van der Waals surface area (Å²) in [6, 6.07) is 5.13. The Morgan fingerprint density at radius 3 is 2.60 bits per heavy atom. The predicted octanol–water partition coefficient (Wildman–Crippen LogP) is 3.41. The van der Waals surface area contributed by atoms with Crippen LogP contribution in [0.3, 0.4) is 0 Å². The highest BCUT2D eigenvalue weighted by atomic mass is 19.4. The summed E-state index contributed by atoms with van der Waals surface area (Å²) in [4.78, 5) is 0. The third-order valence-corrected chi connectivity index (χ3v) is 1.94. The van der Waals surface area contributed by atoms with Crippen molar-refractivity contribution in [2.24, 2.45) is 0 Å². The maximum atomic E-state index is 12.3. The molecule has 1 nitrogen and oxygen atoms in total. The molecule has 0 amide bonds. The van der Waals surface area contributed by atoms with Crippen LogP contribution in [0.1, 0.15) is 11.1 Å². The predicted molar refractivity (Wildman–Crippen MR) is 51.3 cm³/mol. The number of hydrogen-bond donors (Lipinski definition) is 0. The van der Waals surface area contributed by atoms with E-state index in [9.17, 15) is 13.2 Å². The fraction of sp³-hybridized carbons (Fsp3) is 0.273. The van der Waals surface area contributed by atoms with Crippen molar-refractivity contribution in [3.8, 4) is 0 Å². The van der Waals surface area contributed by atoms with Crippen molar-refractivity contribution < 1.29 is 17.9 Å². The zero-order valence-corrected chi connectivity index (χ0v) is 8.27. The Morgan fingerprint density at radius 1 is 1.40 bits per heavy atom. The number of halogens is 3. The molecule has 82 valence electrons. The van der Waals surface area contributed by atoms with Crippen LogP contribution in [0, 0.1) is 0 Å². The Hall–Kier alpha value is -1.45. The van der Waals surface area contributed by atoms with Gasteiger partial charge in [-0.3, -0.25) is 0 Å². The van der Waals surface area contributed by atoms with Gasteiger partial charge in [-0.1, -0.05) is 24.8 Å². The van der Waals surface area contributed by atoms with E-state index in [1.165, 1.54) is 13.2 Å². The van der Waals surface area contributed by atoms with Gasteiger partial charge >= 0.3 is 6.18 Å². The van der Waals surface area contributed by atoms with Crippen LogP contribution in [0.25, 0.3) is 0 Å². The quantitative estimate of drug-likeness (QED) is 0.703. The molecule has 4 heteroatoms. The zero-order valence-electron chi connectivity index (χ0n) is 8.27. The van der Waals surface area contributed by atoms with Crippen LogP contribution >= 0.6 is 0 Å². The molecule has 0 atom stereocenters. The van der Waals surface area contributed by atoms with E-state index in [0.29, 0.717) is 17.7 Å². The van der Waals surface area contributed by atoms with Gasteiger partial charge < -0.3 is 4.74 Å². The minimum Gasteiger partial charge on any atom is -0.501 e. The molecule has 1 rings (SSSR count). The lowest BCUT2D eigenvalue weighted by Gasteiger charge is -2.09. The number of alkyl halides is 3. The van der Waals surface area contributed by atoms with Crippen LogP contribution in [-0.4, -0.2) is 7.11 Å². The standard InChI is InChI=1S/C11H11F3O/c1-8(15-2)6-9-4-3-5-10(7-9)11(12,13)14/h3-5,7H,1,6H2,2H3. The second-order valence-electron chi connectivity index (χ2n) is 3.12. The Kier molecular flexibility index (Phi) is 3.39. The van der Waals surface area contributed by atoms with E-state index < -0.39 is 11.7 Å². The lowest BCUT2D eigenvalue weighted by molar-refractivity contribution is -0.137. The molecule has 0 aromatic heterocycles. The first-order valence-electron chi connectivity index (χ1n) is 4.31. The summed E-state index contributed by atoms with van der Waals surface area (Å²) >= 11 is 0. The van der Waals surface area contributed by atoms with E-state index in [1.807, 2.05) is 0 Å². The van der Waals surface area contributed by atoms with E-state index in [0.717, 1.165) is 12.1 Å². The molecule has 0 radical (unpaired) electrons. The monoisotopic (exact) mass is 216 g/mol. The highest BCUT2D eigenvalue weighted by Crippen LogP contribution is 2.29. The van der Waals surface area contributed by atoms with Gasteiger partial charge in [-0.15, -0.1) is 0 Å². The van der Waals surface area contributed by atoms with Crippen LogP contribution in [-0.2, 0) is 17.3 Å². The first-order chi connectivity index (χ1) is 6.93. The van der Waals surface area contributed by atoms with Crippen LogP contribution in [0.4, 0.5) is 13.2 Å². The molecule has 15 heavy (non-hydrogen) atoms. The summed E-state index contributed by atoms with van der Waals surface area (Å²) in [5.74, 6) is 0.439. The summed E-state index contributed by atoms with van der Waals surface area (Å²) in [5.41, 5.74) is -0.111. The Morgan fingerprint density at radius 2 is 2.07 bits per heavy atom. The van der Waals surface area contributed by atoms with Gasteiger partial charge in [0.2, 0.25) is 0 Å². The Balaban J connectivity index is 2.88. The molecular formula is C11H11F3O. The topological polar surface area (TPSA) is 9.23 Å². The van der Waals surface area contributed by atoms with Crippen molar-refractivity contribution in [1.82, 2.24) is 0 Å². The molecule has 0 fully saturated rings. The van der Waals surface area contributed by atoms with Crippen molar-refractivity contribution >= 4 is 0 Å². The molecule has 0 N–H and O–H groups in total. The van der Waals surface area contributed by atoms with Crippen molar-refractivity contribution in [2.45, 2.75) is 12.6 Å². The van der Waals surface area contributed by atoms with Crippen molar-refractivity contribution in [3.63, 3.8) is 0 Å². The molecule has 1 aromatic carbocycles. The molecule has 0 saturated heterocycles. The zero-order chi connectivity index (χ0) is 11.5. The van der Waals surface area contributed by atoms with E-state index in [2.05, 4.69) is 6.58 Å². The van der Waals surface area contributed by atoms with E-state index >= 15 is 0 Å². The van der Waals surface area contributed by atoms with Crippen LogP contribution in [0.5, 0.6) is 0 Å². The van der Waals surface area contributed by atoms with Gasteiger partial charge in [-0.2, -0.15) is 13.2 Å². The second kappa shape index (κ2) is 4.38. The van der Waals surface area contributed by atoms with Crippen LogP contribution < -0.4 is 0 Å². The Bertz CT molecular complexity index is 355. The van der Waals surface area contributed by atoms with Gasteiger partial charge in [-0.05, 0) is 11.6 Å². The summed E-state index contributed by atoms with van der Waals surface area (Å²) < 4.78 is 41.8. The third-order valence-electron chi connectivity index (χ3n) is 1.94. The number of ether oxygens (including phenoxy) is 1. The lowest BCUT2D eigenvalue weighted by atomic mass is 10.1. The van der Waals surface area contributed by atoms with E-state index in [-0.39, 0.29) is 0 Å². The summed E-state index contributed by atoms with van der Waals surface area (Å²) in [6.07, 6.45) is -4.01. The normalized spacial score (nSPS) is 11.2. The maximum Gasteiger partial charge on any atom is 0.416 e. The minimum absolute atomic E-state index is 0.292. The highest BCUT2D eigenvalue weighted by Gasteiger charge is 2.30. The average Bonchev–Trinajstić information content (AvgIpc) is 2.17. The molecule has 0 heterocycles. The van der Waals surface area contributed by atoms with Gasteiger partial charge in [0.25, 0.3) is 0 Å². The number of benzene rings is 1. The van der Waals surface area contributed by atoms with Crippen LogP contribution in [0.15, 0.2) is 36.6 Å². The summed E-state index contributed by atoms with van der Waals surface area (Å²) in [6.45, 7) is 3.56. The molecule has 0 aliphatic carbocycles. The summed E-state index contributed by atoms with van der Waals surface area (Å²) in [5, 5.41) is 0. The molecule has 0 aliphatic rings. The smallest absolute Gasteiger partial charge is 0.416 e. The molecule has 0 bridgehead atoms. The number of methoxy groups -OCH3 is 1. The Labute approximate surface area is 86.2 Å². The van der Waals surface area contributed by atoms with E-state index in [1.54, 1.807) is 6.07 Å². The molecule has 0 spiro atoms. The van der Waals surface area contributed by atoms with Gasteiger partial charge in [0.05, 0.1) is 18.4 Å². The fourth-order valence-corrected chi connectivity index (χ4v) is 1.16. The molecular weight excluding hydrogens is 205 g/mol. The second-order valence-corrected chi connectivity index (χ2v) is 3.12. The minimum atomic E-state index is -4.30. The van der Waals surface area contributed by atoms with Crippen molar-refractivity contribution in [2.75, 3.05) is 7.11 Å². The SMILES string of the molecule is C=C(Cc1cccc(C(F)(F)F)c1)OC. The van der Waals surface area contributed by atoms with Crippen molar-refractivity contribution in [3.05, 3.63) is 47.7 Å². The molecule has 0 aliphatic heterocycles. The van der Waals surface area contributed by atoms with Crippen LogP contribution in [0.2, 0.25) is 0 Å². The number of rotatable bonds is 3. The number of allylic oxidation sites excluding steroid dienone is 1. The van der Waals surface area contributed by atoms with Gasteiger partial charge in [0, 0.05) is 6.42 Å². The van der Waals surface area contributed by atoms with Gasteiger partial charge in [0.1, 0.15) is 0 Å². The highest BCUT2D eigenvalue weighted by molar-refractivity contribution is 5.27. The maximum absolute atomic E-state index is 12.3. The molecule has 0 saturated carbocycles. The first kappa shape index (κ1) is 11.6.